The SMILES string of the molecule is CCN(CC(N)=S)Cc1nn(C)c2ccccc12. The minimum absolute atomic E-state index is 0.525. The van der Waals surface area contributed by atoms with Gasteiger partial charge in [0.25, 0.3) is 0 Å². The minimum Gasteiger partial charge on any atom is -0.392 e. The quantitative estimate of drug-likeness (QED) is 0.833. The largest absolute Gasteiger partial charge is 0.392 e. The summed E-state index contributed by atoms with van der Waals surface area (Å²) in [4.78, 5) is 2.72. The van der Waals surface area contributed by atoms with Crippen molar-refractivity contribution in [3.63, 3.8) is 0 Å². The maximum Gasteiger partial charge on any atom is 0.0870 e. The summed E-state index contributed by atoms with van der Waals surface area (Å²) in [6, 6.07) is 8.25. The molecule has 0 aliphatic rings. The van der Waals surface area contributed by atoms with Gasteiger partial charge in [0.1, 0.15) is 0 Å². The van der Waals surface area contributed by atoms with E-state index in [0.717, 1.165) is 24.3 Å². The lowest BCUT2D eigenvalue weighted by Gasteiger charge is -2.18. The summed E-state index contributed by atoms with van der Waals surface area (Å²) < 4.78 is 1.92. The second-order valence-corrected chi connectivity index (χ2v) is 4.88. The number of likely N-dealkylation sites (N-methyl/N-ethyl adjacent to an activating group) is 1. The lowest BCUT2D eigenvalue weighted by Crippen LogP contribution is -2.32. The van der Waals surface area contributed by atoms with Gasteiger partial charge in [-0.2, -0.15) is 5.10 Å². The second kappa shape index (κ2) is 5.46. The van der Waals surface area contributed by atoms with Gasteiger partial charge in [-0.1, -0.05) is 37.3 Å². The van der Waals surface area contributed by atoms with E-state index in [4.69, 9.17) is 18.0 Å². The van der Waals surface area contributed by atoms with Gasteiger partial charge >= 0.3 is 0 Å². The van der Waals surface area contributed by atoms with Crippen LogP contribution in [0, 0.1) is 0 Å². The number of thiocarbonyl (C=S) groups is 1. The molecule has 0 saturated heterocycles. The molecule has 1 aromatic heterocycles. The standard InChI is InChI=1S/C13H18N4S/c1-3-17(9-13(14)18)8-11-10-6-4-5-7-12(10)16(2)15-11/h4-7H,3,8-9H2,1-2H3,(H2,14,18). The molecular formula is C13H18N4S. The molecule has 0 unspecified atom stereocenters. The van der Waals surface area contributed by atoms with Gasteiger partial charge in [-0.05, 0) is 12.6 Å². The first-order valence-corrected chi connectivity index (χ1v) is 6.44. The number of para-hydroxylation sites is 1. The van der Waals surface area contributed by atoms with E-state index in [1.165, 1.54) is 5.39 Å². The van der Waals surface area contributed by atoms with E-state index in [-0.39, 0.29) is 0 Å². The van der Waals surface area contributed by atoms with E-state index in [2.05, 4.69) is 29.1 Å². The number of hydrogen-bond donors (Lipinski definition) is 1. The van der Waals surface area contributed by atoms with E-state index in [9.17, 15) is 0 Å². The molecule has 2 N–H and O–H groups in total. The van der Waals surface area contributed by atoms with Crippen LogP contribution in [0.2, 0.25) is 0 Å². The van der Waals surface area contributed by atoms with E-state index < -0.39 is 0 Å². The molecule has 0 bridgehead atoms. The molecule has 0 spiro atoms. The molecule has 0 aliphatic carbocycles. The predicted octanol–water partition coefficient (Wildman–Crippen LogP) is 1.68. The molecule has 2 aromatic rings. The maximum absolute atomic E-state index is 5.60. The number of rotatable bonds is 5. The lowest BCUT2D eigenvalue weighted by atomic mass is 10.2. The molecule has 4 nitrogen and oxygen atoms in total. The third-order valence-electron chi connectivity index (χ3n) is 3.03. The lowest BCUT2D eigenvalue weighted by molar-refractivity contribution is 0.317. The fraction of sp³-hybridized carbons (Fsp3) is 0.385. The molecule has 5 heteroatoms. The molecule has 0 radical (unpaired) electrons. The Balaban J connectivity index is 2.28. The molecule has 0 atom stereocenters. The molecule has 18 heavy (non-hydrogen) atoms. The van der Waals surface area contributed by atoms with Gasteiger partial charge in [-0.15, -0.1) is 0 Å². The second-order valence-electron chi connectivity index (χ2n) is 4.36. The summed E-state index contributed by atoms with van der Waals surface area (Å²) in [5.41, 5.74) is 7.83. The first-order chi connectivity index (χ1) is 8.61. The molecule has 1 aromatic carbocycles. The molecule has 96 valence electrons. The van der Waals surface area contributed by atoms with Gasteiger partial charge in [-0.3, -0.25) is 9.58 Å². The Bertz CT molecular complexity index is 561. The highest BCUT2D eigenvalue weighted by molar-refractivity contribution is 7.80. The van der Waals surface area contributed by atoms with Crippen LogP contribution in [0.25, 0.3) is 10.9 Å². The van der Waals surface area contributed by atoms with Crippen LogP contribution in [0.4, 0.5) is 0 Å². The van der Waals surface area contributed by atoms with Crippen LogP contribution in [0.15, 0.2) is 24.3 Å². The summed E-state index contributed by atoms with van der Waals surface area (Å²) in [5.74, 6) is 0. The summed E-state index contributed by atoms with van der Waals surface area (Å²) in [5, 5.41) is 5.77. The van der Waals surface area contributed by atoms with Gasteiger partial charge in [0.15, 0.2) is 0 Å². The van der Waals surface area contributed by atoms with E-state index in [1.54, 1.807) is 0 Å². The molecule has 0 fully saturated rings. The van der Waals surface area contributed by atoms with Crippen molar-refractivity contribution in [1.29, 1.82) is 0 Å². The third-order valence-corrected chi connectivity index (χ3v) is 3.16. The van der Waals surface area contributed by atoms with Crippen LogP contribution in [-0.2, 0) is 13.6 Å². The Morgan fingerprint density at radius 2 is 2.17 bits per heavy atom. The van der Waals surface area contributed by atoms with Crippen molar-refractivity contribution in [2.45, 2.75) is 13.5 Å². The number of hydrogen-bond acceptors (Lipinski definition) is 3. The van der Waals surface area contributed by atoms with Gasteiger partial charge in [0.2, 0.25) is 0 Å². The summed E-state index contributed by atoms with van der Waals surface area (Å²) >= 11 is 4.97. The van der Waals surface area contributed by atoms with Crippen molar-refractivity contribution in [3.05, 3.63) is 30.0 Å². The normalized spacial score (nSPS) is 11.3. The van der Waals surface area contributed by atoms with E-state index >= 15 is 0 Å². The zero-order valence-electron chi connectivity index (χ0n) is 10.8. The number of nitrogens with zero attached hydrogens (tertiary/aromatic N) is 3. The van der Waals surface area contributed by atoms with E-state index in [1.807, 2.05) is 23.9 Å². The van der Waals surface area contributed by atoms with Gasteiger partial charge < -0.3 is 5.73 Å². The Morgan fingerprint density at radius 1 is 1.44 bits per heavy atom. The Labute approximate surface area is 112 Å². The van der Waals surface area contributed by atoms with Crippen LogP contribution in [0.1, 0.15) is 12.6 Å². The maximum atomic E-state index is 5.60. The average Bonchev–Trinajstić information content (AvgIpc) is 2.66. The number of aryl methyl sites for hydroxylation is 1. The van der Waals surface area contributed by atoms with Crippen LogP contribution in [0.5, 0.6) is 0 Å². The average molecular weight is 262 g/mol. The molecular weight excluding hydrogens is 244 g/mol. The Hall–Kier alpha value is -1.46. The summed E-state index contributed by atoms with van der Waals surface area (Å²) in [6.45, 7) is 4.41. The smallest absolute Gasteiger partial charge is 0.0870 e. The van der Waals surface area contributed by atoms with Crippen LogP contribution < -0.4 is 5.73 Å². The highest BCUT2D eigenvalue weighted by Gasteiger charge is 2.12. The monoisotopic (exact) mass is 262 g/mol. The fourth-order valence-electron chi connectivity index (χ4n) is 2.12. The topological polar surface area (TPSA) is 47.1 Å². The van der Waals surface area contributed by atoms with E-state index in [0.29, 0.717) is 11.5 Å². The molecule has 1 heterocycles. The highest BCUT2D eigenvalue weighted by atomic mass is 32.1. The fourth-order valence-corrected chi connectivity index (χ4v) is 2.30. The number of fused-ring (bicyclic) bond motifs is 1. The van der Waals surface area contributed by atoms with Crippen molar-refractivity contribution >= 4 is 28.1 Å². The third kappa shape index (κ3) is 2.68. The van der Waals surface area contributed by atoms with Crippen molar-refractivity contribution in [2.24, 2.45) is 12.8 Å². The molecule has 0 saturated carbocycles. The number of aromatic nitrogens is 2. The summed E-state index contributed by atoms with van der Waals surface area (Å²) in [6.07, 6.45) is 0. The van der Waals surface area contributed by atoms with Gasteiger partial charge in [0.05, 0.1) is 16.2 Å². The first kappa shape index (κ1) is 13.0. The Morgan fingerprint density at radius 3 is 2.83 bits per heavy atom. The molecule has 0 amide bonds. The molecule has 2 rings (SSSR count). The zero-order chi connectivity index (χ0) is 13.1. The van der Waals surface area contributed by atoms with Crippen molar-refractivity contribution in [3.8, 4) is 0 Å². The minimum atomic E-state index is 0.525. The number of benzene rings is 1. The van der Waals surface area contributed by atoms with Crippen molar-refractivity contribution < 1.29 is 0 Å². The van der Waals surface area contributed by atoms with Gasteiger partial charge in [-0.25, -0.2) is 0 Å². The predicted molar refractivity (Wildman–Crippen MR) is 78.5 cm³/mol. The van der Waals surface area contributed by atoms with Crippen LogP contribution in [-0.4, -0.2) is 32.8 Å². The number of nitrogens with two attached hydrogens (primary N) is 1. The van der Waals surface area contributed by atoms with Crippen LogP contribution >= 0.6 is 12.2 Å². The van der Waals surface area contributed by atoms with Crippen molar-refractivity contribution in [1.82, 2.24) is 14.7 Å². The van der Waals surface area contributed by atoms with Crippen molar-refractivity contribution in [2.75, 3.05) is 13.1 Å². The first-order valence-electron chi connectivity index (χ1n) is 6.03. The Kier molecular flexibility index (Phi) is 3.93. The molecule has 0 aliphatic heterocycles. The highest BCUT2D eigenvalue weighted by Crippen LogP contribution is 2.18. The van der Waals surface area contributed by atoms with Crippen LogP contribution in [0.3, 0.4) is 0 Å². The zero-order valence-corrected chi connectivity index (χ0v) is 11.6. The van der Waals surface area contributed by atoms with Gasteiger partial charge in [0, 0.05) is 25.5 Å². The summed E-state index contributed by atoms with van der Waals surface area (Å²) in [7, 11) is 1.97.